The maximum Gasteiger partial charge on any atom is 0.134 e. The number of nitrogens with zero attached hydrogens (tertiary/aromatic N) is 3. The molecule has 18 heavy (non-hydrogen) atoms. The van der Waals surface area contributed by atoms with Gasteiger partial charge in [-0.15, -0.1) is 0 Å². The van der Waals surface area contributed by atoms with E-state index in [2.05, 4.69) is 27.2 Å². The Morgan fingerprint density at radius 3 is 2.89 bits per heavy atom. The Bertz CT molecular complexity index is 362. The van der Waals surface area contributed by atoms with Crippen LogP contribution in [-0.2, 0) is 0 Å². The Morgan fingerprint density at radius 2 is 2.17 bits per heavy atom. The molecule has 1 heterocycles. The van der Waals surface area contributed by atoms with Gasteiger partial charge in [0.2, 0.25) is 0 Å². The normalized spacial score (nSPS) is 15.9. The zero-order valence-electron chi connectivity index (χ0n) is 11.1. The van der Waals surface area contributed by atoms with Gasteiger partial charge in [0.15, 0.2) is 0 Å². The molecule has 0 aliphatic heterocycles. The fourth-order valence-corrected chi connectivity index (χ4v) is 2.43. The molecule has 100 valence electrons. The van der Waals surface area contributed by atoms with E-state index in [0.717, 1.165) is 24.6 Å². The second kappa shape index (κ2) is 6.54. The Labute approximate surface area is 109 Å². The van der Waals surface area contributed by atoms with Crippen LogP contribution in [0.1, 0.15) is 32.1 Å². The summed E-state index contributed by atoms with van der Waals surface area (Å²) in [6.07, 6.45) is 7.81. The van der Waals surface area contributed by atoms with Crippen LogP contribution in [0.2, 0.25) is 0 Å². The zero-order valence-corrected chi connectivity index (χ0v) is 11.1. The second-order valence-corrected chi connectivity index (χ2v) is 4.88. The minimum Gasteiger partial charge on any atom is -0.370 e. The lowest BCUT2D eigenvalue weighted by atomic mass is 10.2. The lowest BCUT2D eigenvalue weighted by molar-refractivity contribution is 0.646. The van der Waals surface area contributed by atoms with Crippen molar-refractivity contribution in [3.63, 3.8) is 0 Å². The van der Waals surface area contributed by atoms with Gasteiger partial charge in [0.1, 0.15) is 18.0 Å². The minimum atomic E-state index is 0.636. The fraction of sp³-hybridized carbons (Fsp3) is 0.692. The number of nitrogens with one attached hydrogen (secondary N) is 1. The summed E-state index contributed by atoms with van der Waals surface area (Å²) in [6.45, 7) is 1.56. The lowest BCUT2D eigenvalue weighted by Crippen LogP contribution is -2.29. The van der Waals surface area contributed by atoms with Crippen LogP contribution in [-0.4, -0.2) is 36.1 Å². The molecule has 1 aliphatic carbocycles. The van der Waals surface area contributed by atoms with Crippen molar-refractivity contribution in [3.8, 4) is 0 Å². The van der Waals surface area contributed by atoms with E-state index < -0.39 is 0 Å². The first-order valence-electron chi connectivity index (χ1n) is 6.80. The van der Waals surface area contributed by atoms with Crippen LogP contribution in [0.5, 0.6) is 0 Å². The molecule has 0 amide bonds. The molecule has 0 spiro atoms. The summed E-state index contributed by atoms with van der Waals surface area (Å²) < 4.78 is 0. The summed E-state index contributed by atoms with van der Waals surface area (Å²) >= 11 is 0. The summed E-state index contributed by atoms with van der Waals surface area (Å²) in [6, 6.07) is 2.66. The molecule has 0 bridgehead atoms. The van der Waals surface area contributed by atoms with E-state index in [0.29, 0.717) is 12.6 Å². The first kappa shape index (κ1) is 13.1. The number of aromatic nitrogens is 2. The number of anilines is 2. The Kier molecular flexibility index (Phi) is 4.75. The molecule has 1 fully saturated rings. The van der Waals surface area contributed by atoms with Crippen LogP contribution in [0.25, 0.3) is 0 Å². The standard InChI is InChI=1S/C13H23N5/c1-18(11-5-2-3-6-11)13-9-12(16-10-17-13)15-8-4-7-14/h9-11H,2-8,14H2,1H3,(H,15,16,17). The highest BCUT2D eigenvalue weighted by Gasteiger charge is 2.20. The molecule has 3 N–H and O–H groups in total. The van der Waals surface area contributed by atoms with Crippen molar-refractivity contribution in [1.29, 1.82) is 0 Å². The predicted molar refractivity (Wildman–Crippen MR) is 74.9 cm³/mol. The third-order valence-corrected chi connectivity index (χ3v) is 3.57. The maximum absolute atomic E-state index is 5.47. The van der Waals surface area contributed by atoms with E-state index in [1.807, 2.05) is 6.07 Å². The highest BCUT2D eigenvalue weighted by molar-refractivity contribution is 5.48. The highest BCUT2D eigenvalue weighted by atomic mass is 15.2. The van der Waals surface area contributed by atoms with Crippen LogP contribution in [0.3, 0.4) is 0 Å². The molecule has 1 aromatic rings. The first-order valence-corrected chi connectivity index (χ1v) is 6.80. The molecule has 0 aromatic carbocycles. The number of rotatable bonds is 6. The van der Waals surface area contributed by atoms with Crippen molar-refractivity contribution in [3.05, 3.63) is 12.4 Å². The largest absolute Gasteiger partial charge is 0.370 e. The van der Waals surface area contributed by atoms with Gasteiger partial charge in [-0.3, -0.25) is 0 Å². The molecule has 0 atom stereocenters. The summed E-state index contributed by atoms with van der Waals surface area (Å²) in [5.41, 5.74) is 5.47. The van der Waals surface area contributed by atoms with Crippen LogP contribution in [0.4, 0.5) is 11.6 Å². The van der Waals surface area contributed by atoms with Crippen molar-refractivity contribution >= 4 is 11.6 Å². The lowest BCUT2D eigenvalue weighted by Gasteiger charge is -2.25. The molecule has 1 aliphatic rings. The molecule has 1 saturated carbocycles. The number of nitrogens with two attached hydrogens (primary N) is 1. The summed E-state index contributed by atoms with van der Waals surface area (Å²) in [5.74, 6) is 1.89. The van der Waals surface area contributed by atoms with Gasteiger partial charge in [0.05, 0.1) is 0 Å². The van der Waals surface area contributed by atoms with Crippen molar-refractivity contribution in [2.75, 3.05) is 30.4 Å². The maximum atomic E-state index is 5.47. The molecule has 2 rings (SSSR count). The molecule has 1 aromatic heterocycles. The van der Waals surface area contributed by atoms with Gasteiger partial charge in [-0.25, -0.2) is 9.97 Å². The van der Waals surface area contributed by atoms with Crippen molar-refractivity contribution in [2.24, 2.45) is 5.73 Å². The van der Waals surface area contributed by atoms with Gasteiger partial charge in [0, 0.05) is 25.7 Å². The van der Waals surface area contributed by atoms with Gasteiger partial charge in [-0.05, 0) is 25.8 Å². The Balaban J connectivity index is 1.97. The molecular weight excluding hydrogens is 226 g/mol. The smallest absolute Gasteiger partial charge is 0.134 e. The van der Waals surface area contributed by atoms with E-state index in [1.54, 1.807) is 6.33 Å². The van der Waals surface area contributed by atoms with Gasteiger partial charge >= 0.3 is 0 Å². The Hall–Kier alpha value is -1.36. The van der Waals surface area contributed by atoms with E-state index in [4.69, 9.17) is 5.73 Å². The van der Waals surface area contributed by atoms with Gasteiger partial charge in [-0.1, -0.05) is 12.8 Å². The van der Waals surface area contributed by atoms with Gasteiger partial charge < -0.3 is 16.0 Å². The van der Waals surface area contributed by atoms with Crippen LogP contribution in [0, 0.1) is 0 Å². The summed E-state index contributed by atoms with van der Waals surface area (Å²) in [5, 5.41) is 3.27. The predicted octanol–water partition coefficient (Wildman–Crippen LogP) is 1.62. The van der Waals surface area contributed by atoms with E-state index in [1.165, 1.54) is 25.7 Å². The first-order chi connectivity index (χ1) is 8.81. The molecular formula is C13H23N5. The third-order valence-electron chi connectivity index (χ3n) is 3.57. The summed E-state index contributed by atoms with van der Waals surface area (Å²) in [7, 11) is 2.13. The molecule has 0 unspecified atom stereocenters. The highest BCUT2D eigenvalue weighted by Crippen LogP contribution is 2.26. The molecule has 5 nitrogen and oxygen atoms in total. The van der Waals surface area contributed by atoms with Crippen LogP contribution >= 0.6 is 0 Å². The topological polar surface area (TPSA) is 67.1 Å². The number of hydrogen-bond donors (Lipinski definition) is 2. The van der Waals surface area contributed by atoms with Crippen molar-refractivity contribution in [1.82, 2.24) is 9.97 Å². The van der Waals surface area contributed by atoms with Gasteiger partial charge in [0.25, 0.3) is 0 Å². The SMILES string of the molecule is CN(c1cc(NCCCN)ncn1)C1CCCC1. The van der Waals surface area contributed by atoms with Gasteiger partial charge in [-0.2, -0.15) is 0 Å². The third kappa shape index (κ3) is 3.32. The average molecular weight is 249 g/mol. The van der Waals surface area contributed by atoms with E-state index in [9.17, 15) is 0 Å². The van der Waals surface area contributed by atoms with Crippen LogP contribution in [0.15, 0.2) is 12.4 Å². The Morgan fingerprint density at radius 1 is 1.39 bits per heavy atom. The van der Waals surface area contributed by atoms with E-state index >= 15 is 0 Å². The zero-order chi connectivity index (χ0) is 12.8. The molecule has 0 radical (unpaired) electrons. The van der Waals surface area contributed by atoms with Crippen molar-refractivity contribution in [2.45, 2.75) is 38.1 Å². The fourth-order valence-electron chi connectivity index (χ4n) is 2.43. The summed E-state index contributed by atoms with van der Waals surface area (Å²) in [4.78, 5) is 10.9. The minimum absolute atomic E-state index is 0.636. The molecule has 0 saturated heterocycles. The second-order valence-electron chi connectivity index (χ2n) is 4.88. The molecule has 5 heteroatoms. The monoisotopic (exact) mass is 249 g/mol. The van der Waals surface area contributed by atoms with Crippen LogP contribution < -0.4 is 16.0 Å². The number of hydrogen-bond acceptors (Lipinski definition) is 5. The average Bonchev–Trinajstić information content (AvgIpc) is 2.92. The van der Waals surface area contributed by atoms with E-state index in [-0.39, 0.29) is 0 Å². The van der Waals surface area contributed by atoms with Crippen molar-refractivity contribution < 1.29 is 0 Å². The quantitative estimate of drug-likeness (QED) is 0.750.